The Morgan fingerprint density at radius 3 is 3.00 bits per heavy atom. The number of aliphatic carboxylic acids is 1. The van der Waals surface area contributed by atoms with Crippen LogP contribution in [0.4, 0.5) is 4.39 Å². The van der Waals surface area contributed by atoms with Crippen molar-refractivity contribution in [3.05, 3.63) is 36.4 Å². The molecule has 1 N–H and O–H groups in total. The number of hydrogen-bond acceptors (Lipinski definition) is 3. The van der Waals surface area contributed by atoms with Crippen molar-refractivity contribution in [1.82, 2.24) is 9.78 Å². The van der Waals surface area contributed by atoms with Crippen LogP contribution in [-0.4, -0.2) is 28.0 Å². The Kier molecular flexibility index (Phi) is 3.27. The molecule has 18 heavy (non-hydrogen) atoms. The lowest BCUT2D eigenvalue weighted by atomic mass is 10.1. The lowest BCUT2D eigenvalue weighted by Crippen LogP contribution is -2.08. The minimum absolute atomic E-state index is 0.238. The van der Waals surface area contributed by atoms with E-state index in [1.54, 1.807) is 0 Å². The van der Waals surface area contributed by atoms with Crippen LogP contribution in [0.25, 0.3) is 11.1 Å². The van der Waals surface area contributed by atoms with Crippen LogP contribution in [0.3, 0.4) is 0 Å². The number of ether oxygens (including phenoxy) is 1. The molecule has 2 rings (SSSR count). The van der Waals surface area contributed by atoms with Crippen LogP contribution in [-0.2, 0) is 11.3 Å². The lowest BCUT2D eigenvalue weighted by Gasteiger charge is -2.06. The third kappa shape index (κ3) is 2.48. The summed E-state index contributed by atoms with van der Waals surface area (Å²) >= 11 is 0. The van der Waals surface area contributed by atoms with Crippen LogP contribution in [0.15, 0.2) is 30.6 Å². The maximum atomic E-state index is 13.2. The van der Waals surface area contributed by atoms with E-state index in [2.05, 4.69) is 5.10 Å². The van der Waals surface area contributed by atoms with Crippen LogP contribution in [0.1, 0.15) is 0 Å². The van der Waals surface area contributed by atoms with Crippen molar-refractivity contribution >= 4 is 5.97 Å². The number of carboxylic acids is 1. The van der Waals surface area contributed by atoms with Crippen molar-refractivity contribution in [2.24, 2.45) is 0 Å². The highest BCUT2D eigenvalue weighted by molar-refractivity contribution is 5.70. The number of carbonyl (C=O) groups is 1. The third-order valence-electron chi connectivity index (χ3n) is 2.40. The Hall–Kier alpha value is -2.37. The molecule has 0 aliphatic heterocycles. The predicted octanol–water partition coefficient (Wildman–Crippen LogP) is 1.78. The van der Waals surface area contributed by atoms with Gasteiger partial charge in [0.25, 0.3) is 0 Å². The van der Waals surface area contributed by atoms with Gasteiger partial charge in [0.15, 0.2) is 0 Å². The van der Waals surface area contributed by atoms with Crippen LogP contribution in [0.2, 0.25) is 0 Å². The standard InChI is InChI=1S/C12H11FN2O3/c1-18-11-3-2-9(13)4-10(11)8-5-14-15(6-8)7-12(16)17/h2-6H,7H2,1H3,(H,16,17). The van der Waals surface area contributed by atoms with Gasteiger partial charge in [-0.15, -0.1) is 0 Å². The molecule has 2 aromatic rings. The Morgan fingerprint density at radius 2 is 2.33 bits per heavy atom. The number of carboxylic acid groups (broad SMARTS) is 1. The number of halogens is 1. The molecule has 5 nitrogen and oxygen atoms in total. The summed E-state index contributed by atoms with van der Waals surface area (Å²) in [5, 5.41) is 12.5. The second-order valence-corrected chi connectivity index (χ2v) is 3.66. The highest BCUT2D eigenvalue weighted by atomic mass is 19.1. The topological polar surface area (TPSA) is 64.4 Å². The number of aromatic nitrogens is 2. The zero-order valence-electron chi connectivity index (χ0n) is 9.63. The third-order valence-corrected chi connectivity index (χ3v) is 2.40. The SMILES string of the molecule is COc1ccc(F)cc1-c1cnn(CC(=O)O)c1. The monoisotopic (exact) mass is 250 g/mol. The summed E-state index contributed by atoms with van der Waals surface area (Å²) in [5.41, 5.74) is 1.14. The quantitative estimate of drug-likeness (QED) is 0.898. The van der Waals surface area contributed by atoms with Gasteiger partial charge in [0.1, 0.15) is 18.1 Å². The molecule has 1 aromatic heterocycles. The molecule has 0 fully saturated rings. The summed E-state index contributed by atoms with van der Waals surface area (Å²) in [7, 11) is 1.48. The molecule has 0 saturated heterocycles. The van der Waals surface area contributed by atoms with Gasteiger partial charge in [-0.1, -0.05) is 0 Å². The molecule has 0 spiro atoms. The first-order chi connectivity index (χ1) is 8.60. The summed E-state index contributed by atoms with van der Waals surface area (Å²) in [4.78, 5) is 10.5. The van der Waals surface area contributed by atoms with Crippen LogP contribution in [0, 0.1) is 5.82 Å². The molecule has 0 bridgehead atoms. The zero-order valence-corrected chi connectivity index (χ0v) is 9.63. The van der Waals surface area contributed by atoms with Crippen LogP contribution < -0.4 is 4.74 Å². The molecule has 0 atom stereocenters. The van der Waals surface area contributed by atoms with E-state index in [4.69, 9.17) is 9.84 Å². The Morgan fingerprint density at radius 1 is 1.56 bits per heavy atom. The Bertz CT molecular complexity index is 580. The largest absolute Gasteiger partial charge is 0.496 e. The van der Waals surface area contributed by atoms with Gasteiger partial charge in [0.05, 0.1) is 13.3 Å². The fourth-order valence-electron chi connectivity index (χ4n) is 1.63. The molecule has 1 aromatic carbocycles. The van der Waals surface area contributed by atoms with Crippen molar-refractivity contribution in [3.63, 3.8) is 0 Å². The van der Waals surface area contributed by atoms with Crippen molar-refractivity contribution < 1.29 is 19.0 Å². The van der Waals surface area contributed by atoms with E-state index >= 15 is 0 Å². The summed E-state index contributed by atoms with van der Waals surface area (Å²) in [6.45, 7) is -0.238. The molecule has 0 aliphatic carbocycles. The van der Waals surface area contributed by atoms with Gasteiger partial charge in [-0.05, 0) is 18.2 Å². The average Bonchev–Trinajstić information content (AvgIpc) is 2.76. The number of nitrogens with zero attached hydrogens (tertiary/aromatic N) is 2. The molecule has 0 aliphatic rings. The molecular weight excluding hydrogens is 239 g/mol. The van der Waals surface area contributed by atoms with E-state index in [1.807, 2.05) is 0 Å². The summed E-state index contributed by atoms with van der Waals surface area (Å²) in [6.07, 6.45) is 3.01. The predicted molar refractivity (Wildman–Crippen MR) is 61.8 cm³/mol. The van der Waals surface area contributed by atoms with Gasteiger partial charge in [0.2, 0.25) is 0 Å². The number of benzene rings is 1. The van der Waals surface area contributed by atoms with E-state index in [9.17, 15) is 9.18 Å². The maximum absolute atomic E-state index is 13.2. The minimum atomic E-state index is -0.990. The summed E-state index contributed by atoms with van der Waals surface area (Å²) < 4.78 is 19.6. The number of hydrogen-bond donors (Lipinski definition) is 1. The van der Waals surface area contributed by atoms with E-state index in [0.717, 1.165) is 0 Å². The Balaban J connectivity index is 2.38. The highest BCUT2D eigenvalue weighted by Crippen LogP contribution is 2.30. The Labute approximate surface area is 102 Å². The first-order valence-corrected chi connectivity index (χ1v) is 5.18. The molecule has 0 amide bonds. The normalized spacial score (nSPS) is 10.3. The second kappa shape index (κ2) is 4.87. The zero-order chi connectivity index (χ0) is 13.1. The molecular formula is C12H11FN2O3. The van der Waals surface area contributed by atoms with Gasteiger partial charge in [-0.3, -0.25) is 9.48 Å². The van der Waals surface area contributed by atoms with Crippen molar-refractivity contribution in [1.29, 1.82) is 0 Å². The maximum Gasteiger partial charge on any atom is 0.325 e. The van der Waals surface area contributed by atoms with Gasteiger partial charge < -0.3 is 9.84 Å². The molecule has 1 heterocycles. The van der Waals surface area contributed by atoms with E-state index in [-0.39, 0.29) is 6.54 Å². The van der Waals surface area contributed by atoms with E-state index in [1.165, 1.54) is 42.4 Å². The molecule has 0 saturated carbocycles. The molecule has 0 radical (unpaired) electrons. The van der Waals surface area contributed by atoms with Gasteiger partial charge in [0, 0.05) is 17.3 Å². The van der Waals surface area contributed by atoms with Crippen molar-refractivity contribution in [2.75, 3.05) is 7.11 Å². The summed E-state index contributed by atoms with van der Waals surface area (Å²) in [5.74, 6) is -0.876. The second-order valence-electron chi connectivity index (χ2n) is 3.66. The highest BCUT2D eigenvalue weighted by Gasteiger charge is 2.10. The molecule has 0 unspecified atom stereocenters. The first-order valence-electron chi connectivity index (χ1n) is 5.18. The fraction of sp³-hybridized carbons (Fsp3) is 0.167. The number of rotatable bonds is 4. The van der Waals surface area contributed by atoms with Crippen LogP contribution in [0.5, 0.6) is 5.75 Å². The number of methoxy groups -OCH3 is 1. The van der Waals surface area contributed by atoms with Gasteiger partial charge in [-0.25, -0.2) is 4.39 Å². The lowest BCUT2D eigenvalue weighted by molar-refractivity contribution is -0.137. The fourth-order valence-corrected chi connectivity index (χ4v) is 1.63. The van der Waals surface area contributed by atoms with E-state index in [0.29, 0.717) is 16.9 Å². The first kappa shape index (κ1) is 12.1. The van der Waals surface area contributed by atoms with Gasteiger partial charge >= 0.3 is 5.97 Å². The van der Waals surface area contributed by atoms with Gasteiger partial charge in [-0.2, -0.15) is 5.10 Å². The smallest absolute Gasteiger partial charge is 0.325 e. The van der Waals surface area contributed by atoms with E-state index < -0.39 is 11.8 Å². The van der Waals surface area contributed by atoms with Crippen molar-refractivity contribution in [3.8, 4) is 16.9 Å². The average molecular weight is 250 g/mol. The molecule has 6 heteroatoms. The minimum Gasteiger partial charge on any atom is -0.496 e. The summed E-state index contributed by atoms with van der Waals surface area (Å²) in [6, 6.07) is 4.13. The van der Waals surface area contributed by atoms with Crippen LogP contribution >= 0.6 is 0 Å². The van der Waals surface area contributed by atoms with Crippen molar-refractivity contribution in [2.45, 2.75) is 6.54 Å². The molecule has 94 valence electrons.